The molecule has 0 radical (unpaired) electrons. The molecule has 1 saturated heterocycles. The van der Waals surface area contributed by atoms with Crippen LogP contribution in [0, 0.1) is 0 Å². The Labute approximate surface area is 125 Å². The number of hydrogen-bond donors (Lipinski definition) is 2. The maximum atomic E-state index is 12.3. The molecule has 0 spiro atoms. The van der Waals surface area contributed by atoms with Gasteiger partial charge >= 0.3 is 0 Å². The molecule has 6 nitrogen and oxygen atoms in total. The second-order valence-electron chi connectivity index (χ2n) is 5.30. The summed E-state index contributed by atoms with van der Waals surface area (Å²) in [6, 6.07) is 5.73. The van der Waals surface area contributed by atoms with Gasteiger partial charge in [-0.1, -0.05) is 12.1 Å². The molecule has 118 valence electrons. The molecule has 8 heteroatoms. The van der Waals surface area contributed by atoms with E-state index in [1.807, 2.05) is 0 Å². The van der Waals surface area contributed by atoms with E-state index in [2.05, 4.69) is 4.72 Å². The first-order valence-corrected chi connectivity index (χ1v) is 10.0. The molecular weight excluding hydrogens is 314 g/mol. The highest BCUT2D eigenvalue weighted by atomic mass is 32.2. The fraction of sp³-hybridized carbons (Fsp3) is 0.538. The van der Waals surface area contributed by atoms with Gasteiger partial charge in [-0.2, -0.15) is 0 Å². The van der Waals surface area contributed by atoms with Gasteiger partial charge in [0.05, 0.1) is 22.5 Å². The van der Waals surface area contributed by atoms with Crippen molar-refractivity contribution in [3.63, 3.8) is 0 Å². The third kappa shape index (κ3) is 4.26. The van der Waals surface area contributed by atoms with Crippen molar-refractivity contribution in [1.82, 2.24) is 4.72 Å². The largest absolute Gasteiger partial charge is 0.389 e. The van der Waals surface area contributed by atoms with Gasteiger partial charge in [0.25, 0.3) is 0 Å². The van der Waals surface area contributed by atoms with Gasteiger partial charge in [0.2, 0.25) is 10.0 Å². The molecule has 0 amide bonds. The zero-order valence-electron chi connectivity index (χ0n) is 11.7. The Morgan fingerprint density at radius 1 is 1.29 bits per heavy atom. The maximum Gasteiger partial charge on any atom is 0.240 e. The molecule has 1 aromatic carbocycles. The summed E-state index contributed by atoms with van der Waals surface area (Å²) in [5, 5.41) is 9.51. The van der Waals surface area contributed by atoms with Crippen LogP contribution < -0.4 is 4.72 Å². The van der Waals surface area contributed by atoms with Gasteiger partial charge < -0.3 is 5.11 Å². The standard InChI is InChI=1S/C13H19NO5S2/c1-10(15)11-3-2-4-13(9-11)21(18,19)14-12-5-7-20(16,17)8-6-12/h2-4,9-10,12,14-15H,5-8H2,1H3. The lowest BCUT2D eigenvalue weighted by molar-refractivity contribution is 0.199. The van der Waals surface area contributed by atoms with Crippen molar-refractivity contribution >= 4 is 19.9 Å². The molecule has 1 fully saturated rings. The summed E-state index contributed by atoms with van der Waals surface area (Å²) in [5.74, 6) is 0.0157. The average molecular weight is 333 g/mol. The zero-order valence-corrected chi connectivity index (χ0v) is 13.3. The quantitative estimate of drug-likeness (QED) is 0.840. The van der Waals surface area contributed by atoms with E-state index in [1.165, 1.54) is 12.1 Å². The summed E-state index contributed by atoms with van der Waals surface area (Å²) in [6.07, 6.45) is -0.171. The normalized spacial score (nSPS) is 21.0. The van der Waals surface area contributed by atoms with Gasteiger partial charge in [-0.25, -0.2) is 21.6 Å². The SMILES string of the molecule is CC(O)c1cccc(S(=O)(=O)NC2CCS(=O)(=O)CC2)c1. The number of sulfone groups is 1. The van der Waals surface area contributed by atoms with E-state index in [9.17, 15) is 21.9 Å². The van der Waals surface area contributed by atoms with Crippen LogP contribution in [-0.4, -0.2) is 39.5 Å². The van der Waals surface area contributed by atoms with E-state index >= 15 is 0 Å². The van der Waals surface area contributed by atoms with Crippen LogP contribution in [0.2, 0.25) is 0 Å². The van der Waals surface area contributed by atoms with Gasteiger partial charge in [-0.3, -0.25) is 0 Å². The number of benzene rings is 1. The molecule has 0 aliphatic carbocycles. The fourth-order valence-electron chi connectivity index (χ4n) is 2.24. The minimum Gasteiger partial charge on any atom is -0.389 e. The van der Waals surface area contributed by atoms with Crippen molar-refractivity contribution in [1.29, 1.82) is 0 Å². The zero-order chi connectivity index (χ0) is 15.7. The Hall–Kier alpha value is -0.960. The second kappa shape index (κ2) is 6.04. The molecule has 1 atom stereocenters. The van der Waals surface area contributed by atoms with E-state index in [4.69, 9.17) is 0 Å². The van der Waals surface area contributed by atoms with Crippen LogP contribution in [0.4, 0.5) is 0 Å². The van der Waals surface area contributed by atoms with Gasteiger partial charge in [0.1, 0.15) is 9.84 Å². The van der Waals surface area contributed by atoms with E-state index in [0.29, 0.717) is 5.56 Å². The highest BCUT2D eigenvalue weighted by Gasteiger charge is 2.27. The Bertz CT molecular complexity index is 696. The second-order valence-corrected chi connectivity index (χ2v) is 9.31. The molecule has 0 saturated carbocycles. The Kier molecular flexibility index (Phi) is 4.72. The van der Waals surface area contributed by atoms with E-state index in [-0.39, 0.29) is 35.3 Å². The van der Waals surface area contributed by atoms with Crippen LogP contribution in [0.15, 0.2) is 29.2 Å². The molecule has 1 aliphatic rings. The summed E-state index contributed by atoms with van der Waals surface area (Å²) in [4.78, 5) is 0.0781. The molecule has 0 aromatic heterocycles. The van der Waals surface area contributed by atoms with Gasteiger partial charge in [-0.05, 0) is 37.5 Å². The lowest BCUT2D eigenvalue weighted by Crippen LogP contribution is -2.40. The number of aliphatic hydroxyl groups is 1. The Morgan fingerprint density at radius 3 is 2.48 bits per heavy atom. The third-order valence-electron chi connectivity index (χ3n) is 3.53. The predicted molar refractivity (Wildman–Crippen MR) is 79.1 cm³/mol. The predicted octanol–water partition coefficient (Wildman–Crippen LogP) is 0.595. The van der Waals surface area contributed by atoms with Crippen LogP contribution >= 0.6 is 0 Å². The van der Waals surface area contributed by atoms with Gasteiger partial charge in [0, 0.05) is 6.04 Å². The molecule has 0 bridgehead atoms. The minimum absolute atomic E-state index is 0.00784. The minimum atomic E-state index is -3.71. The lowest BCUT2D eigenvalue weighted by Gasteiger charge is -2.23. The number of aliphatic hydroxyl groups excluding tert-OH is 1. The topological polar surface area (TPSA) is 101 Å². The van der Waals surface area contributed by atoms with Crippen LogP contribution in [-0.2, 0) is 19.9 Å². The van der Waals surface area contributed by atoms with Crippen LogP contribution in [0.3, 0.4) is 0 Å². The molecule has 1 unspecified atom stereocenters. The van der Waals surface area contributed by atoms with E-state index in [0.717, 1.165) is 0 Å². The summed E-state index contributed by atoms with van der Waals surface area (Å²) in [7, 11) is -6.73. The lowest BCUT2D eigenvalue weighted by atomic mass is 10.1. The summed E-state index contributed by atoms with van der Waals surface area (Å²) >= 11 is 0. The van der Waals surface area contributed by atoms with Gasteiger partial charge in [0.15, 0.2) is 0 Å². The van der Waals surface area contributed by atoms with Gasteiger partial charge in [-0.15, -0.1) is 0 Å². The molecule has 2 rings (SSSR count). The monoisotopic (exact) mass is 333 g/mol. The van der Waals surface area contributed by atoms with Crippen LogP contribution in [0.1, 0.15) is 31.4 Å². The first-order valence-electron chi connectivity index (χ1n) is 6.70. The third-order valence-corrected chi connectivity index (χ3v) is 6.76. The smallest absolute Gasteiger partial charge is 0.240 e. The van der Waals surface area contributed by atoms with Crippen molar-refractivity contribution in [2.24, 2.45) is 0 Å². The number of sulfonamides is 1. The molecular formula is C13H19NO5S2. The number of nitrogens with one attached hydrogen (secondary N) is 1. The molecule has 2 N–H and O–H groups in total. The van der Waals surface area contributed by atoms with E-state index < -0.39 is 26.0 Å². The Balaban J connectivity index is 2.14. The molecule has 1 heterocycles. The maximum absolute atomic E-state index is 12.3. The molecule has 1 aromatic rings. The van der Waals surface area contributed by atoms with Crippen molar-refractivity contribution in [2.75, 3.05) is 11.5 Å². The van der Waals surface area contributed by atoms with Crippen molar-refractivity contribution in [3.8, 4) is 0 Å². The highest BCUT2D eigenvalue weighted by molar-refractivity contribution is 7.91. The number of hydrogen-bond acceptors (Lipinski definition) is 5. The highest BCUT2D eigenvalue weighted by Crippen LogP contribution is 2.19. The number of rotatable bonds is 4. The summed E-state index contributed by atoms with van der Waals surface area (Å²) in [5.41, 5.74) is 0.518. The van der Waals surface area contributed by atoms with Crippen molar-refractivity contribution in [2.45, 2.75) is 36.8 Å². The Morgan fingerprint density at radius 2 is 1.90 bits per heavy atom. The van der Waals surface area contributed by atoms with Crippen molar-refractivity contribution < 1.29 is 21.9 Å². The average Bonchev–Trinajstić information content (AvgIpc) is 2.41. The van der Waals surface area contributed by atoms with Crippen molar-refractivity contribution in [3.05, 3.63) is 29.8 Å². The fourth-order valence-corrected chi connectivity index (χ4v) is 5.09. The molecule has 1 aliphatic heterocycles. The first-order chi connectivity index (χ1) is 9.70. The summed E-state index contributed by atoms with van der Waals surface area (Å²) < 4.78 is 49.8. The first kappa shape index (κ1) is 16.4. The summed E-state index contributed by atoms with van der Waals surface area (Å²) in [6.45, 7) is 1.56. The van der Waals surface area contributed by atoms with E-state index in [1.54, 1.807) is 19.1 Å². The van der Waals surface area contributed by atoms with Crippen LogP contribution in [0.25, 0.3) is 0 Å². The molecule has 21 heavy (non-hydrogen) atoms. The van der Waals surface area contributed by atoms with Crippen LogP contribution in [0.5, 0.6) is 0 Å².